The van der Waals surface area contributed by atoms with E-state index >= 15 is 0 Å². The molecule has 1 aromatic carbocycles. The zero-order valence-corrected chi connectivity index (χ0v) is 12.8. The van der Waals surface area contributed by atoms with Crippen molar-refractivity contribution in [1.29, 1.82) is 0 Å². The lowest BCUT2D eigenvalue weighted by molar-refractivity contribution is 0.0505. The molecule has 0 spiro atoms. The van der Waals surface area contributed by atoms with Gasteiger partial charge in [-0.3, -0.25) is 0 Å². The van der Waals surface area contributed by atoms with Crippen molar-refractivity contribution in [3.05, 3.63) is 28.2 Å². The molecule has 1 rings (SSSR count). The van der Waals surface area contributed by atoms with Gasteiger partial charge in [0.1, 0.15) is 11.4 Å². The second-order valence-corrected chi connectivity index (χ2v) is 6.05. The smallest absolute Gasteiger partial charge is 0.408 e. The fraction of sp³-hybridized carbons (Fsp3) is 0.462. The van der Waals surface area contributed by atoms with Gasteiger partial charge in [-0.05, 0) is 39.0 Å². The molecule has 0 heterocycles. The molecule has 1 amide bonds. The van der Waals surface area contributed by atoms with E-state index in [9.17, 15) is 9.90 Å². The lowest BCUT2D eigenvalue weighted by Crippen LogP contribution is -2.37. The maximum atomic E-state index is 11.7. The van der Waals surface area contributed by atoms with E-state index in [1.54, 1.807) is 39.0 Å². The van der Waals surface area contributed by atoms with E-state index < -0.39 is 17.7 Å². The molecule has 6 heteroatoms. The summed E-state index contributed by atoms with van der Waals surface area (Å²) in [4.78, 5) is 11.7. The summed E-state index contributed by atoms with van der Waals surface area (Å²) in [6.45, 7) is 5.49. The van der Waals surface area contributed by atoms with Crippen LogP contribution in [-0.2, 0) is 4.74 Å². The van der Waals surface area contributed by atoms with Crippen LogP contribution in [0.1, 0.15) is 32.4 Å². The summed E-state index contributed by atoms with van der Waals surface area (Å²) in [7, 11) is 0. The predicted molar refractivity (Wildman–Crippen MR) is 77.0 cm³/mol. The number of benzene rings is 1. The Morgan fingerprint density at radius 3 is 2.68 bits per heavy atom. The lowest BCUT2D eigenvalue weighted by atomic mass is 10.1. The molecule has 0 radical (unpaired) electrons. The van der Waals surface area contributed by atoms with Gasteiger partial charge in [0.15, 0.2) is 0 Å². The quantitative estimate of drug-likeness (QED) is 0.795. The summed E-state index contributed by atoms with van der Waals surface area (Å²) in [5.41, 5.74) is 5.60. The largest absolute Gasteiger partial charge is 0.508 e. The average Bonchev–Trinajstić information content (AvgIpc) is 2.27. The fourth-order valence-corrected chi connectivity index (χ4v) is 1.90. The Kier molecular flexibility index (Phi) is 5.20. The zero-order valence-electron chi connectivity index (χ0n) is 11.2. The van der Waals surface area contributed by atoms with E-state index in [0.29, 0.717) is 5.56 Å². The second kappa shape index (κ2) is 6.25. The van der Waals surface area contributed by atoms with Crippen LogP contribution in [0.4, 0.5) is 4.79 Å². The van der Waals surface area contributed by atoms with E-state index in [0.717, 1.165) is 4.47 Å². The van der Waals surface area contributed by atoms with Crippen molar-refractivity contribution in [2.24, 2.45) is 5.73 Å². The molecule has 1 atom stereocenters. The van der Waals surface area contributed by atoms with E-state index in [1.807, 2.05) is 0 Å². The lowest BCUT2D eigenvalue weighted by Gasteiger charge is -2.23. The molecule has 5 nitrogen and oxygen atoms in total. The number of amides is 1. The van der Waals surface area contributed by atoms with Crippen LogP contribution in [0.3, 0.4) is 0 Å². The highest BCUT2D eigenvalue weighted by molar-refractivity contribution is 9.10. The Morgan fingerprint density at radius 1 is 1.53 bits per heavy atom. The second-order valence-electron chi connectivity index (χ2n) is 5.14. The van der Waals surface area contributed by atoms with Gasteiger partial charge in [-0.25, -0.2) is 4.79 Å². The Bertz CT molecular complexity index is 458. The third-order valence-electron chi connectivity index (χ3n) is 2.29. The first-order valence-electron chi connectivity index (χ1n) is 5.91. The van der Waals surface area contributed by atoms with Gasteiger partial charge in [0.2, 0.25) is 0 Å². The summed E-state index contributed by atoms with van der Waals surface area (Å²) < 4.78 is 5.96. The third-order valence-corrected chi connectivity index (χ3v) is 2.78. The molecule has 1 aromatic rings. The van der Waals surface area contributed by atoms with Crippen molar-refractivity contribution < 1.29 is 14.6 Å². The highest BCUT2D eigenvalue weighted by Gasteiger charge is 2.21. The number of carbonyl (C=O) groups excluding carboxylic acids is 1. The number of ether oxygens (including phenoxy) is 1. The van der Waals surface area contributed by atoms with Gasteiger partial charge in [-0.1, -0.05) is 15.9 Å². The van der Waals surface area contributed by atoms with Crippen molar-refractivity contribution in [2.75, 3.05) is 6.54 Å². The highest BCUT2D eigenvalue weighted by Crippen LogP contribution is 2.27. The van der Waals surface area contributed by atoms with Gasteiger partial charge in [0.25, 0.3) is 0 Å². The summed E-state index contributed by atoms with van der Waals surface area (Å²) in [6.07, 6.45) is -0.567. The number of phenols is 1. The Hall–Kier alpha value is -1.27. The number of hydrogen-bond donors (Lipinski definition) is 3. The van der Waals surface area contributed by atoms with Crippen molar-refractivity contribution in [1.82, 2.24) is 5.32 Å². The minimum Gasteiger partial charge on any atom is -0.508 e. The molecule has 0 aromatic heterocycles. The maximum Gasteiger partial charge on any atom is 0.408 e. The molecule has 0 fully saturated rings. The van der Waals surface area contributed by atoms with Gasteiger partial charge in [0, 0.05) is 16.6 Å². The van der Waals surface area contributed by atoms with Crippen LogP contribution in [0.5, 0.6) is 5.75 Å². The minimum atomic E-state index is -0.581. The number of halogens is 1. The van der Waals surface area contributed by atoms with Gasteiger partial charge in [-0.15, -0.1) is 0 Å². The molecule has 0 bridgehead atoms. The summed E-state index contributed by atoms with van der Waals surface area (Å²) in [6, 6.07) is 4.45. The van der Waals surface area contributed by atoms with Crippen LogP contribution in [0, 0.1) is 0 Å². The molecular weight excluding hydrogens is 312 g/mol. The Morgan fingerprint density at radius 2 is 2.16 bits per heavy atom. The monoisotopic (exact) mass is 330 g/mol. The Balaban J connectivity index is 2.84. The predicted octanol–water partition coefficient (Wildman–Crippen LogP) is 2.68. The first-order chi connectivity index (χ1) is 8.73. The number of carbonyl (C=O) groups is 1. The van der Waals surface area contributed by atoms with Gasteiger partial charge < -0.3 is 20.9 Å². The van der Waals surface area contributed by atoms with Crippen LogP contribution < -0.4 is 11.1 Å². The number of hydrogen-bond acceptors (Lipinski definition) is 4. The molecule has 4 N–H and O–H groups in total. The highest BCUT2D eigenvalue weighted by atomic mass is 79.9. The summed E-state index contributed by atoms with van der Waals surface area (Å²) >= 11 is 3.31. The number of aromatic hydroxyl groups is 1. The van der Waals surface area contributed by atoms with Crippen LogP contribution in [-0.4, -0.2) is 23.3 Å². The first-order valence-corrected chi connectivity index (χ1v) is 6.70. The topological polar surface area (TPSA) is 84.6 Å². The Labute approximate surface area is 121 Å². The third kappa shape index (κ3) is 5.08. The average molecular weight is 331 g/mol. The first kappa shape index (κ1) is 15.8. The number of alkyl carbamates (subject to hydrolysis) is 1. The van der Waals surface area contributed by atoms with E-state index in [2.05, 4.69) is 21.2 Å². The van der Waals surface area contributed by atoms with E-state index in [1.165, 1.54) is 0 Å². The maximum absolute atomic E-state index is 11.7. The number of nitrogens with one attached hydrogen (secondary N) is 1. The van der Waals surface area contributed by atoms with Crippen molar-refractivity contribution in [3.8, 4) is 5.75 Å². The standard InChI is InChI=1S/C13H19BrN2O3/c1-13(2,3)19-12(18)16-10(7-15)9-6-8(14)4-5-11(9)17/h4-6,10,17H,7,15H2,1-3H3,(H,16,18). The molecule has 0 aliphatic carbocycles. The van der Waals surface area contributed by atoms with Crippen LogP contribution in [0.15, 0.2) is 22.7 Å². The number of phenolic OH excluding ortho intramolecular Hbond substituents is 1. The molecule has 106 valence electrons. The molecule has 0 aliphatic heterocycles. The van der Waals surface area contributed by atoms with Gasteiger partial charge in [0.05, 0.1) is 6.04 Å². The van der Waals surface area contributed by atoms with Gasteiger partial charge >= 0.3 is 6.09 Å². The SMILES string of the molecule is CC(C)(C)OC(=O)NC(CN)c1cc(Br)ccc1O. The molecule has 19 heavy (non-hydrogen) atoms. The number of nitrogens with two attached hydrogens (primary N) is 1. The molecule has 0 aliphatic rings. The van der Waals surface area contributed by atoms with Crippen molar-refractivity contribution in [2.45, 2.75) is 32.4 Å². The summed E-state index contributed by atoms with van der Waals surface area (Å²) in [5.74, 6) is 0.0784. The van der Waals surface area contributed by atoms with Crippen LogP contribution >= 0.6 is 15.9 Å². The zero-order chi connectivity index (χ0) is 14.6. The molecule has 0 saturated carbocycles. The fourth-order valence-electron chi connectivity index (χ4n) is 1.52. The molecular formula is C13H19BrN2O3. The van der Waals surface area contributed by atoms with E-state index in [4.69, 9.17) is 10.5 Å². The molecule has 0 saturated heterocycles. The normalized spacial score (nSPS) is 12.9. The summed E-state index contributed by atoms with van der Waals surface area (Å²) in [5, 5.41) is 12.5. The van der Waals surface area contributed by atoms with Gasteiger partial charge in [-0.2, -0.15) is 0 Å². The molecule has 1 unspecified atom stereocenters. The van der Waals surface area contributed by atoms with Crippen LogP contribution in [0.25, 0.3) is 0 Å². The number of rotatable bonds is 3. The minimum absolute atomic E-state index is 0.0784. The van der Waals surface area contributed by atoms with Crippen LogP contribution in [0.2, 0.25) is 0 Å². The van der Waals surface area contributed by atoms with E-state index in [-0.39, 0.29) is 12.3 Å². The van der Waals surface area contributed by atoms with Crippen molar-refractivity contribution >= 4 is 22.0 Å². The van der Waals surface area contributed by atoms with Crippen molar-refractivity contribution in [3.63, 3.8) is 0 Å².